The first-order chi connectivity index (χ1) is 16.5. The van der Waals surface area contributed by atoms with Crippen LogP contribution >= 0.6 is 11.3 Å². The highest BCUT2D eigenvalue weighted by Crippen LogP contribution is 2.29. The first-order valence-electron chi connectivity index (χ1n) is 10.4. The summed E-state index contributed by atoms with van der Waals surface area (Å²) in [5.41, 5.74) is 4.83. The second kappa shape index (κ2) is 9.24. The van der Waals surface area contributed by atoms with E-state index < -0.39 is 5.82 Å². The van der Waals surface area contributed by atoms with Gasteiger partial charge in [-0.15, -0.1) is 11.3 Å². The summed E-state index contributed by atoms with van der Waals surface area (Å²) in [5, 5.41) is 8.73. The van der Waals surface area contributed by atoms with Crippen molar-refractivity contribution in [2.75, 3.05) is 10.6 Å². The summed E-state index contributed by atoms with van der Waals surface area (Å²) >= 11 is 1.47. The second-order valence-corrected chi connectivity index (χ2v) is 8.41. The van der Waals surface area contributed by atoms with E-state index in [1.54, 1.807) is 53.9 Å². The van der Waals surface area contributed by atoms with Crippen molar-refractivity contribution < 1.29 is 9.18 Å². The van der Waals surface area contributed by atoms with Crippen molar-refractivity contribution in [3.8, 4) is 16.9 Å². The number of aryl methyl sites for hydroxylation is 1. The molecule has 0 saturated heterocycles. The number of imidazole rings is 1. The van der Waals surface area contributed by atoms with Gasteiger partial charge in [0.25, 0.3) is 5.91 Å². The average Bonchev–Trinajstić information content (AvgIpc) is 3.53. The number of halogens is 1. The molecule has 0 saturated carbocycles. The number of benzene rings is 2. The van der Waals surface area contributed by atoms with E-state index in [-0.39, 0.29) is 5.91 Å². The maximum absolute atomic E-state index is 14.2. The van der Waals surface area contributed by atoms with Crippen LogP contribution in [0.3, 0.4) is 0 Å². The van der Waals surface area contributed by atoms with Crippen LogP contribution in [0.4, 0.5) is 20.9 Å². The molecule has 0 aliphatic rings. The highest BCUT2D eigenvalue weighted by atomic mass is 32.1. The van der Waals surface area contributed by atoms with Crippen molar-refractivity contribution in [1.29, 1.82) is 0 Å². The molecule has 5 rings (SSSR count). The lowest BCUT2D eigenvalue weighted by atomic mass is 10.1. The van der Waals surface area contributed by atoms with Crippen molar-refractivity contribution in [1.82, 2.24) is 19.5 Å². The Bertz CT molecular complexity index is 1450. The van der Waals surface area contributed by atoms with Crippen LogP contribution in [-0.4, -0.2) is 25.4 Å². The largest absolute Gasteiger partial charge is 0.331 e. The molecule has 1 amide bonds. The van der Waals surface area contributed by atoms with Crippen LogP contribution in [0, 0.1) is 12.7 Å². The molecule has 0 aliphatic heterocycles. The number of aromatic nitrogens is 4. The molecule has 7 nitrogen and oxygen atoms in total. The van der Waals surface area contributed by atoms with E-state index in [2.05, 4.69) is 25.6 Å². The predicted octanol–water partition coefficient (Wildman–Crippen LogP) is 5.83. The SMILES string of the molecule is Cc1ccc(C(=O)Nc2cc(F)cc(-n3ccnc3)c2)cc1Nc1nc(-c2cccnc2)cs1. The van der Waals surface area contributed by atoms with Gasteiger partial charge in [0.15, 0.2) is 5.13 Å². The third-order valence-electron chi connectivity index (χ3n) is 5.15. The zero-order valence-electron chi connectivity index (χ0n) is 18.1. The number of hydrogen-bond acceptors (Lipinski definition) is 6. The topological polar surface area (TPSA) is 84.7 Å². The molecule has 5 aromatic rings. The third-order valence-corrected chi connectivity index (χ3v) is 5.90. The van der Waals surface area contributed by atoms with Crippen LogP contribution in [0.5, 0.6) is 0 Å². The molecule has 34 heavy (non-hydrogen) atoms. The Labute approximate surface area is 199 Å². The van der Waals surface area contributed by atoms with Gasteiger partial charge in [-0.2, -0.15) is 0 Å². The second-order valence-electron chi connectivity index (χ2n) is 7.56. The van der Waals surface area contributed by atoms with Crippen LogP contribution in [0.25, 0.3) is 16.9 Å². The Morgan fingerprint density at radius 3 is 2.79 bits per heavy atom. The lowest BCUT2D eigenvalue weighted by Gasteiger charge is -2.11. The number of rotatable bonds is 6. The van der Waals surface area contributed by atoms with Gasteiger partial charge in [-0.1, -0.05) is 6.07 Å². The van der Waals surface area contributed by atoms with Crippen LogP contribution in [-0.2, 0) is 0 Å². The lowest BCUT2D eigenvalue weighted by Crippen LogP contribution is -2.13. The molecule has 3 aromatic heterocycles. The van der Waals surface area contributed by atoms with Gasteiger partial charge >= 0.3 is 0 Å². The standard InChI is InChI=1S/C25H19FN6OS/c1-16-4-5-17(9-22(16)30-25-31-23(14-34-25)18-3-2-6-27-13-18)24(33)29-20-10-19(26)11-21(12-20)32-8-7-28-15-32/h2-15H,1H3,(H,29,33)(H,30,31). The van der Waals surface area contributed by atoms with E-state index in [0.717, 1.165) is 22.5 Å². The van der Waals surface area contributed by atoms with Crippen molar-refractivity contribution in [3.63, 3.8) is 0 Å². The number of nitrogens with zero attached hydrogens (tertiary/aromatic N) is 4. The maximum atomic E-state index is 14.2. The van der Waals surface area contributed by atoms with Crippen LogP contribution in [0.1, 0.15) is 15.9 Å². The minimum Gasteiger partial charge on any atom is -0.331 e. The van der Waals surface area contributed by atoms with E-state index >= 15 is 0 Å². The molecule has 0 unspecified atom stereocenters. The van der Waals surface area contributed by atoms with Gasteiger partial charge in [-0.05, 0) is 55.0 Å². The van der Waals surface area contributed by atoms with Gasteiger partial charge in [0, 0.05) is 52.7 Å². The van der Waals surface area contributed by atoms with Crippen molar-refractivity contribution in [3.05, 3.63) is 102 Å². The molecular weight excluding hydrogens is 451 g/mol. The number of hydrogen-bond donors (Lipinski definition) is 2. The van der Waals surface area contributed by atoms with Crippen LogP contribution in [0.2, 0.25) is 0 Å². The van der Waals surface area contributed by atoms with E-state index in [4.69, 9.17) is 0 Å². The lowest BCUT2D eigenvalue weighted by molar-refractivity contribution is 0.102. The molecule has 0 atom stereocenters. The molecule has 9 heteroatoms. The molecule has 0 spiro atoms. The van der Waals surface area contributed by atoms with E-state index in [1.165, 1.54) is 23.5 Å². The van der Waals surface area contributed by atoms with Gasteiger partial charge in [-0.25, -0.2) is 14.4 Å². The quantitative estimate of drug-likeness (QED) is 0.326. The van der Waals surface area contributed by atoms with Crippen molar-refractivity contribution in [2.24, 2.45) is 0 Å². The first kappa shape index (κ1) is 21.5. The van der Waals surface area contributed by atoms with Gasteiger partial charge < -0.3 is 15.2 Å². The monoisotopic (exact) mass is 470 g/mol. The minimum atomic E-state index is -0.457. The highest BCUT2D eigenvalue weighted by Gasteiger charge is 2.12. The van der Waals surface area contributed by atoms with Gasteiger partial charge in [0.05, 0.1) is 17.7 Å². The average molecular weight is 471 g/mol. The summed E-state index contributed by atoms with van der Waals surface area (Å²) in [6, 6.07) is 13.5. The zero-order chi connectivity index (χ0) is 23.5. The fourth-order valence-electron chi connectivity index (χ4n) is 3.40. The summed E-state index contributed by atoms with van der Waals surface area (Å²) in [6.45, 7) is 1.95. The molecular formula is C25H19FN6OS. The van der Waals surface area contributed by atoms with Gasteiger partial charge in [0.2, 0.25) is 0 Å². The number of pyridine rings is 1. The normalized spacial score (nSPS) is 10.8. The summed E-state index contributed by atoms with van der Waals surface area (Å²) in [6.07, 6.45) is 8.36. The highest BCUT2D eigenvalue weighted by molar-refractivity contribution is 7.14. The number of amides is 1. The summed E-state index contributed by atoms with van der Waals surface area (Å²) in [7, 11) is 0. The van der Waals surface area contributed by atoms with E-state index in [0.29, 0.717) is 22.1 Å². The molecule has 0 radical (unpaired) electrons. The molecule has 2 aromatic carbocycles. The van der Waals surface area contributed by atoms with Crippen molar-refractivity contribution in [2.45, 2.75) is 6.92 Å². The fraction of sp³-hybridized carbons (Fsp3) is 0.0400. The fourth-order valence-corrected chi connectivity index (χ4v) is 4.13. The third kappa shape index (κ3) is 4.69. The van der Waals surface area contributed by atoms with Gasteiger partial charge in [0.1, 0.15) is 5.82 Å². The molecule has 168 valence electrons. The number of carbonyl (C=O) groups excluding carboxylic acids is 1. The van der Waals surface area contributed by atoms with Gasteiger partial charge in [-0.3, -0.25) is 9.78 Å². The minimum absolute atomic E-state index is 0.347. The summed E-state index contributed by atoms with van der Waals surface area (Å²) in [5.74, 6) is -0.804. The molecule has 3 heterocycles. The van der Waals surface area contributed by atoms with Crippen LogP contribution < -0.4 is 10.6 Å². The van der Waals surface area contributed by atoms with E-state index in [1.807, 2.05) is 30.5 Å². The number of carbonyl (C=O) groups is 1. The maximum Gasteiger partial charge on any atom is 0.255 e. The smallest absolute Gasteiger partial charge is 0.255 e. The number of anilines is 3. The van der Waals surface area contributed by atoms with E-state index in [9.17, 15) is 9.18 Å². The Morgan fingerprint density at radius 2 is 2.00 bits per heavy atom. The molecule has 0 aliphatic carbocycles. The zero-order valence-corrected chi connectivity index (χ0v) is 18.9. The molecule has 0 fully saturated rings. The Balaban J connectivity index is 1.35. The first-order valence-corrected chi connectivity index (χ1v) is 11.3. The Morgan fingerprint density at radius 1 is 1.09 bits per heavy atom. The number of nitrogens with one attached hydrogen (secondary N) is 2. The van der Waals surface area contributed by atoms with Crippen molar-refractivity contribution >= 4 is 33.8 Å². The Hall–Kier alpha value is -4.37. The van der Waals surface area contributed by atoms with Crippen LogP contribution in [0.15, 0.2) is 85.0 Å². The molecule has 2 N–H and O–H groups in total. The molecule has 0 bridgehead atoms. The number of thiazole rings is 1. The Kier molecular flexibility index (Phi) is 5.84. The predicted molar refractivity (Wildman–Crippen MR) is 131 cm³/mol. The summed E-state index contributed by atoms with van der Waals surface area (Å²) in [4.78, 5) is 25.7. The summed E-state index contributed by atoms with van der Waals surface area (Å²) < 4.78 is 15.8.